The highest BCUT2D eigenvalue weighted by molar-refractivity contribution is 6.13. The molecule has 0 radical (unpaired) electrons. The van der Waals surface area contributed by atoms with Crippen LogP contribution in [0.2, 0.25) is 0 Å². The predicted octanol–water partition coefficient (Wildman–Crippen LogP) is 12.7. The third kappa shape index (κ3) is 5.81. The summed E-state index contributed by atoms with van der Waals surface area (Å²) in [6.45, 7) is 0. The Kier molecular flexibility index (Phi) is 7.58. The van der Waals surface area contributed by atoms with Gasteiger partial charge in [0.2, 0.25) is 0 Å². The molecule has 4 nitrogen and oxygen atoms in total. The first-order valence-corrected chi connectivity index (χ1v) is 18.0. The van der Waals surface area contributed by atoms with Crippen LogP contribution < -0.4 is 0 Å². The third-order valence-electron chi connectivity index (χ3n) is 10.2. The number of nitrogens with zero attached hydrogens (tertiary/aromatic N) is 3. The van der Waals surface area contributed by atoms with E-state index in [1.807, 2.05) is 18.2 Å². The zero-order valence-electron chi connectivity index (χ0n) is 28.9. The Hall–Kier alpha value is -6.91. The molecule has 2 aromatic heterocycles. The molecule has 1 aliphatic carbocycles. The van der Waals surface area contributed by atoms with Gasteiger partial charge < -0.3 is 4.42 Å². The van der Waals surface area contributed by atoms with Crippen molar-refractivity contribution in [3.05, 3.63) is 193 Å². The van der Waals surface area contributed by atoms with Crippen LogP contribution in [0.3, 0.4) is 0 Å². The summed E-state index contributed by atoms with van der Waals surface area (Å²) in [5.74, 6) is 2.10. The number of hydrogen-bond acceptors (Lipinski definition) is 4. The lowest BCUT2D eigenvalue weighted by molar-refractivity contribution is 0.669. The lowest BCUT2D eigenvalue weighted by atomic mass is 9.89. The van der Waals surface area contributed by atoms with Crippen molar-refractivity contribution in [1.82, 2.24) is 15.0 Å². The monoisotopic (exact) mass is 679 g/mol. The highest BCUT2D eigenvalue weighted by atomic mass is 16.3. The summed E-state index contributed by atoms with van der Waals surface area (Å²) in [7, 11) is 0. The van der Waals surface area contributed by atoms with Crippen molar-refractivity contribution >= 4 is 38.3 Å². The van der Waals surface area contributed by atoms with Crippen molar-refractivity contribution in [1.29, 1.82) is 0 Å². The molecule has 0 spiro atoms. The minimum absolute atomic E-state index is 0.229. The van der Waals surface area contributed by atoms with Gasteiger partial charge in [0.15, 0.2) is 17.5 Å². The van der Waals surface area contributed by atoms with Gasteiger partial charge in [0.25, 0.3) is 0 Å². The first-order chi connectivity index (χ1) is 26.2. The van der Waals surface area contributed by atoms with Crippen LogP contribution in [-0.2, 0) is 0 Å². The molecule has 53 heavy (non-hydrogen) atoms. The zero-order chi connectivity index (χ0) is 35.1. The molecule has 4 heteroatoms. The SMILES string of the molecule is C1=CC(c2nc(-c3ccc(-c4ccc5ccccc5c4)cc3)nc(-c3cc(-c4ccccc4)cc4oc5ccccc5c34)n2)=CC(c2ccccc2)C1. The summed E-state index contributed by atoms with van der Waals surface area (Å²) < 4.78 is 6.49. The molecule has 10 rings (SSSR count). The second kappa shape index (κ2) is 13.0. The van der Waals surface area contributed by atoms with Crippen LogP contribution >= 0.6 is 0 Å². The number of benzene rings is 7. The van der Waals surface area contributed by atoms with Gasteiger partial charge >= 0.3 is 0 Å². The van der Waals surface area contributed by atoms with Crippen LogP contribution in [0.15, 0.2) is 186 Å². The average Bonchev–Trinajstić information content (AvgIpc) is 3.62. The van der Waals surface area contributed by atoms with E-state index in [9.17, 15) is 0 Å². The smallest absolute Gasteiger partial charge is 0.164 e. The molecule has 0 N–H and O–H groups in total. The molecule has 0 bridgehead atoms. The average molecular weight is 680 g/mol. The molecule has 9 aromatic rings. The second-order valence-corrected chi connectivity index (χ2v) is 13.6. The molecule has 0 fully saturated rings. The van der Waals surface area contributed by atoms with Gasteiger partial charge in [-0.15, -0.1) is 0 Å². The number of allylic oxidation sites excluding steroid dienone is 4. The Morgan fingerprint density at radius 3 is 1.98 bits per heavy atom. The first kappa shape index (κ1) is 30.9. The summed E-state index contributed by atoms with van der Waals surface area (Å²) >= 11 is 0. The van der Waals surface area contributed by atoms with Crippen molar-refractivity contribution in [2.45, 2.75) is 12.3 Å². The number of aromatic nitrogens is 3. The quantitative estimate of drug-likeness (QED) is 0.175. The fraction of sp³-hybridized carbons (Fsp3) is 0.0408. The number of rotatable bonds is 6. The Balaban J connectivity index is 1.16. The van der Waals surface area contributed by atoms with Gasteiger partial charge in [-0.25, -0.2) is 15.0 Å². The maximum atomic E-state index is 6.49. The van der Waals surface area contributed by atoms with E-state index in [4.69, 9.17) is 19.4 Å². The van der Waals surface area contributed by atoms with Crippen molar-refractivity contribution in [2.75, 3.05) is 0 Å². The van der Waals surface area contributed by atoms with Gasteiger partial charge in [-0.3, -0.25) is 0 Å². The highest BCUT2D eigenvalue weighted by Gasteiger charge is 2.21. The summed E-state index contributed by atoms with van der Waals surface area (Å²) in [5.41, 5.74) is 10.2. The van der Waals surface area contributed by atoms with E-state index in [1.165, 1.54) is 21.9 Å². The van der Waals surface area contributed by atoms with Crippen molar-refractivity contribution in [3.8, 4) is 45.0 Å². The fourth-order valence-electron chi connectivity index (χ4n) is 7.53. The normalized spacial score (nSPS) is 14.2. The van der Waals surface area contributed by atoms with Crippen molar-refractivity contribution < 1.29 is 4.42 Å². The van der Waals surface area contributed by atoms with Crippen LogP contribution in [0.5, 0.6) is 0 Å². The van der Waals surface area contributed by atoms with Gasteiger partial charge in [-0.2, -0.15) is 0 Å². The number of para-hydroxylation sites is 1. The molecule has 0 saturated carbocycles. The summed E-state index contributed by atoms with van der Waals surface area (Å²) in [6, 6.07) is 57.2. The van der Waals surface area contributed by atoms with Crippen molar-refractivity contribution in [2.24, 2.45) is 0 Å². The predicted molar refractivity (Wildman–Crippen MR) is 217 cm³/mol. The molecular formula is C49H33N3O. The van der Waals surface area contributed by atoms with Gasteiger partial charge in [0, 0.05) is 33.4 Å². The van der Waals surface area contributed by atoms with E-state index < -0.39 is 0 Å². The van der Waals surface area contributed by atoms with E-state index in [-0.39, 0.29) is 5.92 Å². The molecule has 0 saturated heterocycles. The third-order valence-corrected chi connectivity index (χ3v) is 10.2. The minimum atomic E-state index is 0.229. The number of furan rings is 1. The molecule has 250 valence electrons. The van der Waals surface area contributed by atoms with Gasteiger partial charge in [-0.05, 0) is 69.3 Å². The Morgan fingerprint density at radius 2 is 1.13 bits per heavy atom. The lowest BCUT2D eigenvalue weighted by Gasteiger charge is -2.17. The van der Waals surface area contributed by atoms with Crippen LogP contribution in [0.1, 0.15) is 23.7 Å². The largest absolute Gasteiger partial charge is 0.456 e. The van der Waals surface area contributed by atoms with E-state index in [0.717, 1.165) is 61.7 Å². The van der Waals surface area contributed by atoms with Gasteiger partial charge in [0.1, 0.15) is 11.2 Å². The molecule has 1 unspecified atom stereocenters. The van der Waals surface area contributed by atoms with E-state index >= 15 is 0 Å². The van der Waals surface area contributed by atoms with E-state index in [0.29, 0.717) is 17.5 Å². The lowest BCUT2D eigenvalue weighted by Crippen LogP contribution is -2.05. The highest BCUT2D eigenvalue weighted by Crippen LogP contribution is 2.40. The molecule has 2 heterocycles. The topological polar surface area (TPSA) is 51.8 Å². The maximum Gasteiger partial charge on any atom is 0.164 e. The van der Waals surface area contributed by atoms with Crippen LogP contribution in [-0.4, -0.2) is 15.0 Å². The molecule has 1 aliphatic rings. The van der Waals surface area contributed by atoms with Crippen molar-refractivity contribution in [3.63, 3.8) is 0 Å². The summed E-state index contributed by atoms with van der Waals surface area (Å²) in [4.78, 5) is 15.7. The van der Waals surface area contributed by atoms with Gasteiger partial charge in [-0.1, -0.05) is 158 Å². The molecule has 0 aliphatic heterocycles. The standard InChI is InChI=1S/C49H33N3O/c1-3-12-32(13-4-1)38-18-11-19-40(29-38)48-50-47(36-25-22-35(23-26-36)39-27-24-34-16-7-8-17-37(34)28-39)51-49(52-48)43-30-41(33-14-5-2-6-15-33)31-45-46(43)42-20-9-10-21-44(42)53-45/h1-17,19-31,38H,18H2. The first-order valence-electron chi connectivity index (χ1n) is 18.0. The van der Waals surface area contributed by atoms with E-state index in [2.05, 4.69) is 164 Å². The molecular weight excluding hydrogens is 647 g/mol. The van der Waals surface area contributed by atoms with Gasteiger partial charge in [0.05, 0.1) is 0 Å². The summed E-state index contributed by atoms with van der Waals surface area (Å²) in [5, 5.41) is 4.47. The zero-order valence-corrected chi connectivity index (χ0v) is 28.9. The molecule has 7 aromatic carbocycles. The summed E-state index contributed by atoms with van der Waals surface area (Å²) in [6.07, 6.45) is 7.60. The van der Waals surface area contributed by atoms with Crippen LogP contribution in [0.25, 0.3) is 83.3 Å². The van der Waals surface area contributed by atoms with Crippen LogP contribution in [0.4, 0.5) is 0 Å². The molecule has 0 amide bonds. The fourth-order valence-corrected chi connectivity index (χ4v) is 7.53. The second-order valence-electron chi connectivity index (χ2n) is 13.6. The van der Waals surface area contributed by atoms with E-state index in [1.54, 1.807) is 0 Å². The Labute approximate surface area is 307 Å². The Morgan fingerprint density at radius 1 is 0.472 bits per heavy atom. The maximum absolute atomic E-state index is 6.49. The van der Waals surface area contributed by atoms with Crippen LogP contribution in [0, 0.1) is 0 Å². The minimum Gasteiger partial charge on any atom is -0.456 e. The number of hydrogen-bond donors (Lipinski definition) is 0. The Bertz CT molecular complexity index is 2850. The number of fused-ring (bicyclic) bond motifs is 4. The molecule has 1 atom stereocenters.